The van der Waals surface area contributed by atoms with Crippen LogP contribution in [0.25, 0.3) is 0 Å². The summed E-state index contributed by atoms with van der Waals surface area (Å²) in [7, 11) is 0. The van der Waals surface area contributed by atoms with E-state index in [9.17, 15) is 4.39 Å². The monoisotopic (exact) mass is 297 g/mol. The third-order valence-corrected chi connectivity index (χ3v) is 4.35. The molecule has 102 valence electrons. The molecule has 19 heavy (non-hydrogen) atoms. The number of aryl methyl sites for hydroxylation is 1. The molecule has 0 radical (unpaired) electrons. The summed E-state index contributed by atoms with van der Waals surface area (Å²) < 4.78 is 14.1. The number of hydrogen-bond acceptors (Lipinski definition) is 2. The van der Waals surface area contributed by atoms with Crippen LogP contribution in [0.2, 0.25) is 5.02 Å². The first-order valence-electron chi connectivity index (χ1n) is 6.35. The Morgan fingerprint density at radius 2 is 2.16 bits per heavy atom. The number of benzene rings is 1. The Hall–Kier alpha value is -0.900. The lowest BCUT2D eigenvalue weighted by Gasteiger charge is -2.19. The van der Waals surface area contributed by atoms with Gasteiger partial charge in [0.25, 0.3) is 0 Å². The quantitative estimate of drug-likeness (QED) is 0.824. The molecule has 1 nitrogen and oxygen atoms in total. The lowest BCUT2D eigenvalue weighted by atomic mass is 10.0. The summed E-state index contributed by atoms with van der Waals surface area (Å²) in [5.41, 5.74) is 1.84. The molecule has 0 amide bonds. The predicted octanol–water partition coefficient (Wildman–Crippen LogP) is 4.94. The first kappa shape index (κ1) is 14.5. The molecule has 4 heteroatoms. The smallest absolute Gasteiger partial charge is 0.129 e. The minimum Gasteiger partial charge on any atom is -0.306 e. The fourth-order valence-electron chi connectivity index (χ4n) is 2.05. The zero-order valence-electron chi connectivity index (χ0n) is 11.0. The maximum absolute atomic E-state index is 14.1. The van der Waals surface area contributed by atoms with Gasteiger partial charge in [0.05, 0.1) is 6.04 Å². The van der Waals surface area contributed by atoms with Gasteiger partial charge in [-0.3, -0.25) is 0 Å². The van der Waals surface area contributed by atoms with Crippen molar-refractivity contribution in [2.45, 2.75) is 26.3 Å². The summed E-state index contributed by atoms with van der Waals surface area (Å²) in [6.07, 6.45) is 1.01. The van der Waals surface area contributed by atoms with Gasteiger partial charge in [-0.2, -0.15) is 0 Å². The van der Waals surface area contributed by atoms with E-state index in [4.69, 9.17) is 11.6 Å². The van der Waals surface area contributed by atoms with Crippen LogP contribution < -0.4 is 5.32 Å². The molecule has 0 aliphatic rings. The van der Waals surface area contributed by atoms with Gasteiger partial charge < -0.3 is 5.32 Å². The Balaban J connectivity index is 2.40. The van der Waals surface area contributed by atoms with Gasteiger partial charge in [-0.15, -0.1) is 11.3 Å². The first-order chi connectivity index (χ1) is 9.13. The van der Waals surface area contributed by atoms with Gasteiger partial charge >= 0.3 is 0 Å². The van der Waals surface area contributed by atoms with Crippen LogP contribution in [0, 0.1) is 12.7 Å². The van der Waals surface area contributed by atoms with Gasteiger partial charge in [0.15, 0.2) is 0 Å². The van der Waals surface area contributed by atoms with E-state index in [1.165, 1.54) is 11.6 Å². The zero-order valence-corrected chi connectivity index (χ0v) is 12.6. The topological polar surface area (TPSA) is 12.0 Å². The number of hydrogen-bond donors (Lipinski definition) is 1. The van der Waals surface area contributed by atoms with Crippen molar-refractivity contribution < 1.29 is 4.39 Å². The molecule has 0 aliphatic heterocycles. The van der Waals surface area contributed by atoms with E-state index >= 15 is 0 Å². The highest BCUT2D eigenvalue weighted by Gasteiger charge is 2.20. The van der Waals surface area contributed by atoms with E-state index in [1.54, 1.807) is 23.5 Å². The number of thiophene rings is 1. The second kappa shape index (κ2) is 6.51. The van der Waals surface area contributed by atoms with E-state index in [-0.39, 0.29) is 11.9 Å². The van der Waals surface area contributed by atoms with Crippen molar-refractivity contribution in [3.05, 3.63) is 56.5 Å². The van der Waals surface area contributed by atoms with Gasteiger partial charge in [0.1, 0.15) is 5.82 Å². The number of halogens is 2. The molecule has 0 saturated heterocycles. The Kier molecular flexibility index (Phi) is 4.97. The van der Waals surface area contributed by atoms with Gasteiger partial charge in [-0.05, 0) is 49.0 Å². The van der Waals surface area contributed by atoms with Crippen LogP contribution in [0.15, 0.2) is 29.6 Å². The normalized spacial score (nSPS) is 12.6. The van der Waals surface area contributed by atoms with E-state index < -0.39 is 0 Å². The minimum atomic E-state index is -0.256. The molecule has 2 rings (SSSR count). The highest BCUT2D eigenvalue weighted by molar-refractivity contribution is 7.10. The van der Waals surface area contributed by atoms with E-state index in [2.05, 4.69) is 25.2 Å². The Bertz CT molecular complexity index is 553. The molecule has 1 aromatic heterocycles. The third-order valence-electron chi connectivity index (χ3n) is 3.04. The molecule has 1 N–H and O–H groups in total. The second-order valence-corrected chi connectivity index (χ2v) is 5.90. The van der Waals surface area contributed by atoms with E-state index in [0.717, 1.165) is 17.8 Å². The third kappa shape index (κ3) is 3.35. The highest BCUT2D eigenvalue weighted by Crippen LogP contribution is 2.31. The van der Waals surface area contributed by atoms with Gasteiger partial charge in [-0.25, -0.2) is 4.39 Å². The molecule has 0 bridgehead atoms. The Morgan fingerprint density at radius 3 is 2.74 bits per heavy atom. The van der Waals surface area contributed by atoms with Crippen molar-refractivity contribution in [2.24, 2.45) is 0 Å². The molecule has 1 aromatic carbocycles. The van der Waals surface area contributed by atoms with Crippen molar-refractivity contribution >= 4 is 22.9 Å². The van der Waals surface area contributed by atoms with Crippen LogP contribution in [0.1, 0.15) is 35.4 Å². The number of nitrogens with one attached hydrogen (secondary N) is 1. The summed E-state index contributed by atoms with van der Waals surface area (Å²) in [5.74, 6) is -0.256. The van der Waals surface area contributed by atoms with Crippen LogP contribution in [0.4, 0.5) is 4.39 Å². The predicted molar refractivity (Wildman–Crippen MR) is 80.6 cm³/mol. The van der Waals surface area contributed by atoms with Gasteiger partial charge in [0, 0.05) is 15.5 Å². The molecular weight excluding hydrogens is 281 g/mol. The van der Waals surface area contributed by atoms with Crippen molar-refractivity contribution in [3.63, 3.8) is 0 Å². The van der Waals surface area contributed by atoms with Gasteiger partial charge in [-0.1, -0.05) is 24.6 Å². The molecular formula is C15H17ClFNS. The molecule has 1 heterocycles. The molecule has 0 saturated carbocycles. The molecule has 1 atom stereocenters. The maximum atomic E-state index is 14.1. The SMILES string of the molecule is CCCNC(c1ccc(Cl)cc1F)c1sccc1C. The van der Waals surface area contributed by atoms with Crippen molar-refractivity contribution in [1.29, 1.82) is 0 Å². The average Bonchev–Trinajstić information content (AvgIpc) is 2.78. The summed E-state index contributed by atoms with van der Waals surface area (Å²) in [5, 5.41) is 5.89. The molecule has 0 aliphatic carbocycles. The van der Waals surface area contributed by atoms with Crippen LogP contribution in [-0.2, 0) is 0 Å². The fraction of sp³-hybridized carbons (Fsp3) is 0.333. The Labute approximate surface area is 122 Å². The lowest BCUT2D eigenvalue weighted by molar-refractivity contribution is 0.550. The summed E-state index contributed by atoms with van der Waals surface area (Å²) in [4.78, 5) is 1.16. The maximum Gasteiger partial charge on any atom is 0.129 e. The Morgan fingerprint density at radius 1 is 1.37 bits per heavy atom. The van der Waals surface area contributed by atoms with Crippen molar-refractivity contribution in [2.75, 3.05) is 6.54 Å². The van der Waals surface area contributed by atoms with Crippen LogP contribution in [0.3, 0.4) is 0 Å². The van der Waals surface area contributed by atoms with Crippen molar-refractivity contribution in [1.82, 2.24) is 5.32 Å². The minimum absolute atomic E-state index is 0.0998. The van der Waals surface area contributed by atoms with Crippen LogP contribution in [-0.4, -0.2) is 6.54 Å². The highest BCUT2D eigenvalue weighted by atomic mass is 35.5. The second-order valence-electron chi connectivity index (χ2n) is 4.52. The molecule has 0 fully saturated rings. The summed E-state index contributed by atoms with van der Waals surface area (Å²) >= 11 is 7.48. The average molecular weight is 298 g/mol. The first-order valence-corrected chi connectivity index (χ1v) is 7.61. The zero-order chi connectivity index (χ0) is 13.8. The van der Waals surface area contributed by atoms with E-state index in [0.29, 0.717) is 10.6 Å². The standard InChI is InChI=1S/C15H17ClFNS/c1-3-7-18-14(15-10(2)6-8-19-15)12-5-4-11(16)9-13(12)17/h4-6,8-9,14,18H,3,7H2,1-2H3. The molecule has 0 spiro atoms. The fourth-order valence-corrected chi connectivity index (χ4v) is 3.23. The van der Waals surface area contributed by atoms with E-state index in [1.807, 2.05) is 5.38 Å². The lowest BCUT2D eigenvalue weighted by Crippen LogP contribution is -2.23. The molecule has 1 unspecified atom stereocenters. The summed E-state index contributed by atoms with van der Waals surface area (Å²) in [6, 6.07) is 6.85. The summed E-state index contributed by atoms with van der Waals surface area (Å²) in [6.45, 7) is 5.01. The van der Waals surface area contributed by atoms with Crippen LogP contribution in [0.5, 0.6) is 0 Å². The van der Waals surface area contributed by atoms with Crippen molar-refractivity contribution in [3.8, 4) is 0 Å². The largest absolute Gasteiger partial charge is 0.306 e. The van der Waals surface area contributed by atoms with Crippen LogP contribution >= 0.6 is 22.9 Å². The molecule has 2 aromatic rings. The van der Waals surface area contributed by atoms with Gasteiger partial charge in [0.2, 0.25) is 0 Å². The number of rotatable bonds is 5.